The molecule has 1 aromatic heterocycles. The Balaban J connectivity index is 2.30. The van der Waals surface area contributed by atoms with Crippen LogP contribution in [0, 0.1) is 12.7 Å². The van der Waals surface area contributed by atoms with Crippen molar-refractivity contribution in [3.63, 3.8) is 0 Å². The normalized spacial score (nSPS) is 10.3. The molecule has 0 radical (unpaired) electrons. The van der Waals surface area contributed by atoms with Gasteiger partial charge in [-0.25, -0.2) is 4.39 Å². The molecule has 1 amide bonds. The number of carbonyl (C=O) groups is 1. The number of amides is 1. The topological polar surface area (TPSA) is 68.0 Å². The van der Waals surface area contributed by atoms with E-state index in [1.165, 1.54) is 12.3 Å². The van der Waals surface area contributed by atoms with Crippen molar-refractivity contribution < 1.29 is 9.18 Å². The van der Waals surface area contributed by atoms with Gasteiger partial charge in [-0.05, 0) is 46.6 Å². The van der Waals surface area contributed by atoms with Gasteiger partial charge in [0.25, 0.3) is 5.91 Å². The number of rotatable bonds is 2. The third kappa shape index (κ3) is 2.90. The van der Waals surface area contributed by atoms with Gasteiger partial charge in [0.1, 0.15) is 0 Å². The molecule has 0 fully saturated rings. The first-order chi connectivity index (χ1) is 8.99. The van der Waals surface area contributed by atoms with Gasteiger partial charge in [-0.1, -0.05) is 0 Å². The van der Waals surface area contributed by atoms with Crippen LogP contribution in [0.3, 0.4) is 0 Å². The minimum Gasteiger partial charge on any atom is -0.398 e. The molecule has 4 nitrogen and oxygen atoms in total. The monoisotopic (exact) mass is 323 g/mol. The van der Waals surface area contributed by atoms with Crippen LogP contribution < -0.4 is 11.1 Å². The lowest BCUT2D eigenvalue weighted by Crippen LogP contribution is -2.14. The van der Waals surface area contributed by atoms with Crippen molar-refractivity contribution in [3.05, 3.63) is 52.0 Å². The second-order valence-electron chi connectivity index (χ2n) is 4.00. The Kier molecular flexibility index (Phi) is 3.80. The summed E-state index contributed by atoms with van der Waals surface area (Å²) in [5, 5.41) is 2.60. The molecule has 0 bridgehead atoms. The second kappa shape index (κ2) is 5.36. The van der Waals surface area contributed by atoms with Crippen molar-refractivity contribution >= 4 is 33.2 Å². The molecule has 98 valence electrons. The van der Waals surface area contributed by atoms with E-state index in [1.54, 1.807) is 12.1 Å². The maximum atomic E-state index is 13.4. The van der Waals surface area contributed by atoms with E-state index in [-0.39, 0.29) is 5.56 Å². The minimum atomic E-state index is -0.670. The average Bonchev–Trinajstić information content (AvgIpc) is 2.36. The SMILES string of the molecule is Cc1cc(Br)c(NC(=O)c2ccncc2F)cc1N. The van der Waals surface area contributed by atoms with Gasteiger partial charge in [0, 0.05) is 16.4 Å². The summed E-state index contributed by atoms with van der Waals surface area (Å²) >= 11 is 3.32. The van der Waals surface area contributed by atoms with Gasteiger partial charge in [0.05, 0.1) is 17.4 Å². The number of halogens is 2. The molecular weight excluding hydrogens is 313 g/mol. The number of nitrogens with one attached hydrogen (secondary N) is 1. The predicted octanol–water partition coefficient (Wildman–Crippen LogP) is 3.13. The number of carbonyl (C=O) groups excluding carboxylic acids is 1. The lowest BCUT2D eigenvalue weighted by Gasteiger charge is -2.10. The fourth-order valence-corrected chi connectivity index (χ4v) is 2.09. The van der Waals surface area contributed by atoms with Gasteiger partial charge in [0.15, 0.2) is 5.82 Å². The maximum Gasteiger partial charge on any atom is 0.258 e. The van der Waals surface area contributed by atoms with Gasteiger partial charge in [-0.2, -0.15) is 0 Å². The number of aromatic nitrogens is 1. The van der Waals surface area contributed by atoms with Crippen LogP contribution in [0.2, 0.25) is 0 Å². The zero-order chi connectivity index (χ0) is 14.0. The Hall–Kier alpha value is -1.95. The summed E-state index contributed by atoms with van der Waals surface area (Å²) in [7, 11) is 0. The molecule has 6 heteroatoms. The van der Waals surface area contributed by atoms with Gasteiger partial charge in [-0.15, -0.1) is 0 Å². The van der Waals surface area contributed by atoms with Gasteiger partial charge >= 0.3 is 0 Å². The number of aryl methyl sites for hydroxylation is 1. The first kappa shape index (κ1) is 13.5. The number of anilines is 2. The summed E-state index contributed by atoms with van der Waals surface area (Å²) in [4.78, 5) is 15.5. The van der Waals surface area contributed by atoms with E-state index in [2.05, 4.69) is 26.2 Å². The molecule has 1 aromatic carbocycles. The van der Waals surface area contributed by atoms with E-state index in [1.807, 2.05) is 6.92 Å². The molecule has 1 heterocycles. The van der Waals surface area contributed by atoms with Crippen molar-refractivity contribution in [1.29, 1.82) is 0 Å². The summed E-state index contributed by atoms with van der Waals surface area (Å²) in [5.74, 6) is -1.22. The Labute approximate surface area is 118 Å². The fraction of sp³-hybridized carbons (Fsp3) is 0.0769. The first-order valence-corrected chi connectivity index (χ1v) is 6.25. The quantitative estimate of drug-likeness (QED) is 0.834. The molecule has 0 aliphatic rings. The van der Waals surface area contributed by atoms with E-state index in [0.717, 1.165) is 11.8 Å². The molecule has 0 saturated heterocycles. The van der Waals surface area contributed by atoms with Crippen molar-refractivity contribution in [2.45, 2.75) is 6.92 Å². The van der Waals surface area contributed by atoms with Crippen LogP contribution in [0.5, 0.6) is 0 Å². The van der Waals surface area contributed by atoms with Crippen molar-refractivity contribution in [1.82, 2.24) is 4.98 Å². The zero-order valence-corrected chi connectivity index (χ0v) is 11.7. The van der Waals surface area contributed by atoms with Crippen molar-refractivity contribution in [3.8, 4) is 0 Å². The smallest absolute Gasteiger partial charge is 0.258 e. The van der Waals surface area contributed by atoms with E-state index < -0.39 is 11.7 Å². The van der Waals surface area contributed by atoms with Crippen LogP contribution >= 0.6 is 15.9 Å². The molecule has 0 unspecified atom stereocenters. The van der Waals surface area contributed by atoms with Crippen LogP contribution in [-0.2, 0) is 0 Å². The summed E-state index contributed by atoms with van der Waals surface area (Å²) in [6, 6.07) is 4.72. The molecule has 2 aromatic rings. The zero-order valence-electron chi connectivity index (χ0n) is 10.1. The largest absolute Gasteiger partial charge is 0.398 e. The van der Waals surface area contributed by atoms with Gasteiger partial charge in [0.2, 0.25) is 0 Å². The molecule has 2 rings (SSSR count). The second-order valence-corrected chi connectivity index (χ2v) is 4.85. The maximum absolute atomic E-state index is 13.4. The number of pyridine rings is 1. The highest BCUT2D eigenvalue weighted by atomic mass is 79.9. The summed E-state index contributed by atoms with van der Waals surface area (Å²) in [6.07, 6.45) is 2.35. The van der Waals surface area contributed by atoms with E-state index in [0.29, 0.717) is 15.8 Å². The Morgan fingerprint density at radius 1 is 1.47 bits per heavy atom. The highest BCUT2D eigenvalue weighted by molar-refractivity contribution is 9.10. The van der Waals surface area contributed by atoms with Crippen LogP contribution in [0.4, 0.5) is 15.8 Å². The lowest BCUT2D eigenvalue weighted by molar-refractivity contribution is 0.102. The fourth-order valence-electron chi connectivity index (χ4n) is 1.53. The van der Waals surface area contributed by atoms with Gasteiger partial charge < -0.3 is 11.1 Å². The summed E-state index contributed by atoms with van der Waals surface area (Å²) < 4.78 is 14.1. The van der Waals surface area contributed by atoms with E-state index >= 15 is 0 Å². The standard InChI is InChI=1S/C13H11BrFN3O/c1-7-4-9(14)12(5-11(7)16)18-13(19)8-2-3-17-6-10(8)15/h2-6H,16H2,1H3,(H,18,19). The third-order valence-electron chi connectivity index (χ3n) is 2.62. The van der Waals surface area contributed by atoms with Crippen LogP contribution in [0.1, 0.15) is 15.9 Å². The molecular formula is C13H11BrFN3O. The van der Waals surface area contributed by atoms with Crippen molar-refractivity contribution in [2.75, 3.05) is 11.1 Å². The number of nitrogen functional groups attached to an aromatic ring is 1. The molecule has 0 aliphatic heterocycles. The average molecular weight is 324 g/mol. The summed E-state index contributed by atoms with van der Waals surface area (Å²) in [5.41, 5.74) is 7.64. The molecule has 0 aliphatic carbocycles. The Morgan fingerprint density at radius 2 is 2.21 bits per heavy atom. The minimum absolute atomic E-state index is 0.0685. The van der Waals surface area contributed by atoms with Gasteiger partial charge in [-0.3, -0.25) is 9.78 Å². The third-order valence-corrected chi connectivity index (χ3v) is 3.28. The molecule has 0 saturated carbocycles. The highest BCUT2D eigenvalue weighted by Gasteiger charge is 2.13. The number of nitrogens with two attached hydrogens (primary N) is 1. The molecule has 19 heavy (non-hydrogen) atoms. The summed E-state index contributed by atoms with van der Waals surface area (Å²) in [6.45, 7) is 1.86. The molecule has 3 N–H and O–H groups in total. The number of hydrogen-bond donors (Lipinski definition) is 2. The Morgan fingerprint density at radius 3 is 2.89 bits per heavy atom. The van der Waals surface area contributed by atoms with Crippen LogP contribution in [0.25, 0.3) is 0 Å². The van der Waals surface area contributed by atoms with Crippen molar-refractivity contribution in [2.24, 2.45) is 0 Å². The van der Waals surface area contributed by atoms with Crippen LogP contribution in [-0.4, -0.2) is 10.9 Å². The predicted molar refractivity (Wildman–Crippen MR) is 75.4 cm³/mol. The number of nitrogens with zero attached hydrogens (tertiary/aromatic N) is 1. The Bertz CT molecular complexity index is 646. The lowest BCUT2D eigenvalue weighted by atomic mass is 10.1. The first-order valence-electron chi connectivity index (χ1n) is 5.45. The molecule has 0 spiro atoms. The molecule has 0 atom stereocenters. The van der Waals surface area contributed by atoms with E-state index in [9.17, 15) is 9.18 Å². The number of benzene rings is 1. The highest BCUT2D eigenvalue weighted by Crippen LogP contribution is 2.28. The van der Waals surface area contributed by atoms with Crippen LogP contribution in [0.15, 0.2) is 35.1 Å². The number of hydrogen-bond acceptors (Lipinski definition) is 3. The van der Waals surface area contributed by atoms with E-state index in [4.69, 9.17) is 5.73 Å².